The maximum Gasteiger partial charge on any atom is 0.150 e. The molecule has 0 saturated carbocycles. The van der Waals surface area contributed by atoms with Crippen LogP contribution in [0.5, 0.6) is 11.5 Å². The fourth-order valence-electron chi connectivity index (χ4n) is 1.90. The molecule has 4 heteroatoms. The summed E-state index contributed by atoms with van der Waals surface area (Å²) >= 11 is 0. The quantitative estimate of drug-likeness (QED) is 0.791. The lowest BCUT2D eigenvalue weighted by Crippen LogP contribution is -1.94. The number of carbonyl (C=O) groups excluding carboxylic acids is 1. The zero-order chi connectivity index (χ0) is 13.8. The fraction of sp³-hybridized carbons (Fsp3) is 0.133. The first-order valence-corrected chi connectivity index (χ1v) is 5.66. The molecule has 0 aromatic heterocycles. The molecule has 0 fully saturated rings. The second kappa shape index (κ2) is 5.52. The number of carbonyl (C=O) groups is 1. The van der Waals surface area contributed by atoms with Gasteiger partial charge in [-0.3, -0.25) is 4.79 Å². The van der Waals surface area contributed by atoms with E-state index in [0.29, 0.717) is 34.5 Å². The average Bonchev–Trinajstić information content (AvgIpc) is 2.46. The van der Waals surface area contributed by atoms with Gasteiger partial charge in [0.05, 0.1) is 14.2 Å². The molecule has 2 rings (SSSR count). The summed E-state index contributed by atoms with van der Waals surface area (Å²) in [7, 11) is 3.02. The van der Waals surface area contributed by atoms with Gasteiger partial charge in [0.2, 0.25) is 0 Å². The molecule has 0 aliphatic rings. The molecule has 0 N–H and O–H groups in total. The lowest BCUT2D eigenvalue weighted by Gasteiger charge is -2.11. The summed E-state index contributed by atoms with van der Waals surface area (Å²) in [6, 6.07) is 9.21. The third-order valence-electron chi connectivity index (χ3n) is 2.84. The lowest BCUT2D eigenvalue weighted by atomic mass is 9.99. The van der Waals surface area contributed by atoms with Gasteiger partial charge in [0.15, 0.2) is 6.29 Å². The van der Waals surface area contributed by atoms with Gasteiger partial charge in [-0.2, -0.15) is 0 Å². The number of ether oxygens (including phenoxy) is 2. The van der Waals surface area contributed by atoms with Crippen LogP contribution in [-0.2, 0) is 0 Å². The molecular weight excluding hydrogens is 247 g/mol. The highest BCUT2D eigenvalue weighted by molar-refractivity contribution is 5.90. The van der Waals surface area contributed by atoms with Crippen LogP contribution in [0.25, 0.3) is 11.1 Å². The van der Waals surface area contributed by atoms with Crippen molar-refractivity contribution in [3.63, 3.8) is 0 Å². The third kappa shape index (κ3) is 2.57. The molecule has 0 bridgehead atoms. The van der Waals surface area contributed by atoms with Crippen LogP contribution >= 0.6 is 0 Å². The zero-order valence-electron chi connectivity index (χ0n) is 10.6. The molecule has 0 radical (unpaired) electrons. The molecule has 0 aliphatic heterocycles. The number of aldehydes is 1. The van der Waals surface area contributed by atoms with Crippen LogP contribution in [0.3, 0.4) is 0 Å². The summed E-state index contributed by atoms with van der Waals surface area (Å²) in [5.74, 6) is 0.694. The Balaban J connectivity index is 2.64. The molecule has 0 aliphatic carbocycles. The van der Waals surface area contributed by atoms with Crippen molar-refractivity contribution in [2.45, 2.75) is 0 Å². The van der Waals surface area contributed by atoms with Crippen LogP contribution < -0.4 is 9.47 Å². The molecule has 2 aromatic rings. The number of rotatable bonds is 4. The van der Waals surface area contributed by atoms with Crippen LogP contribution in [0.4, 0.5) is 4.39 Å². The molecule has 3 nitrogen and oxygen atoms in total. The molecule has 0 heterocycles. The zero-order valence-corrected chi connectivity index (χ0v) is 10.6. The topological polar surface area (TPSA) is 35.5 Å². The van der Waals surface area contributed by atoms with Crippen LogP contribution in [0.1, 0.15) is 10.4 Å². The van der Waals surface area contributed by atoms with Gasteiger partial charge in [-0.05, 0) is 42.0 Å². The fourth-order valence-corrected chi connectivity index (χ4v) is 1.90. The number of hydrogen-bond acceptors (Lipinski definition) is 3. The van der Waals surface area contributed by atoms with Crippen molar-refractivity contribution in [1.29, 1.82) is 0 Å². The van der Waals surface area contributed by atoms with Crippen molar-refractivity contribution in [3.8, 4) is 22.6 Å². The summed E-state index contributed by atoms with van der Waals surface area (Å²) < 4.78 is 23.6. The van der Waals surface area contributed by atoms with E-state index in [1.165, 1.54) is 32.4 Å². The Morgan fingerprint density at radius 3 is 2.42 bits per heavy atom. The smallest absolute Gasteiger partial charge is 0.150 e. The van der Waals surface area contributed by atoms with Crippen molar-refractivity contribution in [2.24, 2.45) is 0 Å². The maximum atomic E-state index is 13.4. The highest BCUT2D eigenvalue weighted by Crippen LogP contribution is 2.34. The van der Waals surface area contributed by atoms with E-state index in [2.05, 4.69) is 0 Å². The minimum absolute atomic E-state index is 0.386. The number of hydrogen-bond donors (Lipinski definition) is 0. The first kappa shape index (κ1) is 13.1. The van der Waals surface area contributed by atoms with E-state index in [0.717, 1.165) is 0 Å². The van der Waals surface area contributed by atoms with E-state index in [9.17, 15) is 9.18 Å². The average molecular weight is 260 g/mol. The minimum Gasteiger partial charge on any atom is -0.497 e. The van der Waals surface area contributed by atoms with E-state index in [-0.39, 0.29) is 5.82 Å². The second-order valence-corrected chi connectivity index (χ2v) is 3.92. The predicted octanol–water partition coefficient (Wildman–Crippen LogP) is 3.32. The Labute approximate surface area is 110 Å². The largest absolute Gasteiger partial charge is 0.497 e. The molecular formula is C15H13FO3. The monoisotopic (exact) mass is 260 g/mol. The first-order valence-electron chi connectivity index (χ1n) is 5.66. The van der Waals surface area contributed by atoms with Gasteiger partial charge in [-0.15, -0.1) is 0 Å². The van der Waals surface area contributed by atoms with Crippen LogP contribution in [0.15, 0.2) is 36.4 Å². The van der Waals surface area contributed by atoms with E-state index in [1.807, 2.05) is 0 Å². The Morgan fingerprint density at radius 1 is 1.00 bits per heavy atom. The molecule has 0 saturated heterocycles. The highest BCUT2D eigenvalue weighted by atomic mass is 19.1. The minimum atomic E-state index is -0.386. The highest BCUT2D eigenvalue weighted by Gasteiger charge is 2.12. The molecule has 19 heavy (non-hydrogen) atoms. The molecule has 0 unspecified atom stereocenters. The van der Waals surface area contributed by atoms with Crippen molar-refractivity contribution < 1.29 is 18.7 Å². The Bertz CT molecular complexity index is 608. The van der Waals surface area contributed by atoms with Gasteiger partial charge in [-0.25, -0.2) is 4.39 Å². The molecule has 0 spiro atoms. The van der Waals surface area contributed by atoms with Gasteiger partial charge in [0.25, 0.3) is 0 Å². The van der Waals surface area contributed by atoms with Crippen molar-refractivity contribution in [3.05, 3.63) is 47.8 Å². The molecule has 0 atom stereocenters. The summed E-state index contributed by atoms with van der Waals surface area (Å²) in [4.78, 5) is 11.2. The summed E-state index contributed by atoms with van der Waals surface area (Å²) in [6.45, 7) is 0. The first-order chi connectivity index (χ1) is 9.19. The van der Waals surface area contributed by atoms with Crippen molar-refractivity contribution in [2.75, 3.05) is 14.2 Å². The molecule has 0 amide bonds. The lowest BCUT2D eigenvalue weighted by molar-refractivity contribution is 0.112. The van der Waals surface area contributed by atoms with Crippen LogP contribution in [-0.4, -0.2) is 20.5 Å². The van der Waals surface area contributed by atoms with E-state index >= 15 is 0 Å². The second-order valence-electron chi connectivity index (χ2n) is 3.92. The predicted molar refractivity (Wildman–Crippen MR) is 70.3 cm³/mol. The summed E-state index contributed by atoms with van der Waals surface area (Å²) in [5.41, 5.74) is 1.56. The third-order valence-corrected chi connectivity index (χ3v) is 2.84. The van der Waals surface area contributed by atoms with E-state index < -0.39 is 0 Å². The number of benzene rings is 2. The molecule has 2 aromatic carbocycles. The molecule has 98 valence electrons. The van der Waals surface area contributed by atoms with Crippen molar-refractivity contribution >= 4 is 6.29 Å². The van der Waals surface area contributed by atoms with Gasteiger partial charge in [0.1, 0.15) is 17.3 Å². The van der Waals surface area contributed by atoms with Gasteiger partial charge >= 0.3 is 0 Å². The Kier molecular flexibility index (Phi) is 3.80. The van der Waals surface area contributed by atoms with Crippen LogP contribution in [0, 0.1) is 5.82 Å². The van der Waals surface area contributed by atoms with Gasteiger partial charge in [-0.1, -0.05) is 0 Å². The standard InChI is InChI=1S/C15H13FO3/c1-18-12-4-5-13(10(7-12)9-17)14-8-11(16)3-6-15(14)19-2/h3-9H,1-2H3. The van der Waals surface area contributed by atoms with E-state index in [1.54, 1.807) is 18.2 Å². The summed E-state index contributed by atoms with van der Waals surface area (Å²) in [6.07, 6.45) is 0.711. The summed E-state index contributed by atoms with van der Waals surface area (Å²) in [5, 5.41) is 0. The van der Waals surface area contributed by atoms with Gasteiger partial charge in [0, 0.05) is 11.1 Å². The van der Waals surface area contributed by atoms with E-state index in [4.69, 9.17) is 9.47 Å². The SMILES string of the molecule is COc1ccc(-c2cc(F)ccc2OC)c(C=O)c1. The van der Waals surface area contributed by atoms with Gasteiger partial charge < -0.3 is 9.47 Å². The number of methoxy groups -OCH3 is 2. The Morgan fingerprint density at radius 2 is 1.79 bits per heavy atom. The Hall–Kier alpha value is -2.36. The normalized spacial score (nSPS) is 10.1. The maximum absolute atomic E-state index is 13.4. The number of halogens is 1. The van der Waals surface area contributed by atoms with Crippen molar-refractivity contribution in [1.82, 2.24) is 0 Å². The van der Waals surface area contributed by atoms with Crippen LogP contribution in [0.2, 0.25) is 0 Å².